The van der Waals surface area contributed by atoms with Gasteiger partial charge in [-0.05, 0) is 25.0 Å². The lowest BCUT2D eigenvalue weighted by Crippen LogP contribution is -2.40. The van der Waals surface area contributed by atoms with Gasteiger partial charge < -0.3 is 9.80 Å². The van der Waals surface area contributed by atoms with E-state index in [0.717, 1.165) is 0 Å². The number of carbonyl (C=O) groups is 2. The molecule has 0 spiro atoms. The highest BCUT2D eigenvalue weighted by Gasteiger charge is 2.29. The third-order valence-corrected chi connectivity index (χ3v) is 5.10. The van der Waals surface area contributed by atoms with E-state index in [1.807, 2.05) is 11.0 Å². The van der Waals surface area contributed by atoms with Crippen LogP contribution in [0, 0.1) is 16.0 Å². The van der Waals surface area contributed by atoms with Crippen molar-refractivity contribution < 1.29 is 14.5 Å². The molecule has 1 aliphatic heterocycles. The molecule has 0 atom stereocenters. The SMILES string of the molecule is CN(C)C(=O)C1CCN(c2ccc(C(=O)c3ccccc3)cc2[N+](=O)[O-])CC1. The first kappa shape index (κ1) is 19.5. The largest absolute Gasteiger partial charge is 0.366 e. The third-order valence-electron chi connectivity index (χ3n) is 5.10. The molecule has 0 bridgehead atoms. The second kappa shape index (κ2) is 8.21. The number of ketones is 1. The number of piperidine rings is 1. The third kappa shape index (κ3) is 4.03. The van der Waals surface area contributed by atoms with Crippen LogP contribution in [0.4, 0.5) is 11.4 Å². The van der Waals surface area contributed by atoms with Crippen molar-refractivity contribution in [3.8, 4) is 0 Å². The van der Waals surface area contributed by atoms with Crippen molar-refractivity contribution in [3.05, 3.63) is 69.8 Å². The van der Waals surface area contributed by atoms with Crippen molar-refractivity contribution in [1.82, 2.24) is 4.90 Å². The van der Waals surface area contributed by atoms with Crippen LogP contribution in [0.25, 0.3) is 0 Å². The van der Waals surface area contributed by atoms with Crippen LogP contribution in [0.1, 0.15) is 28.8 Å². The van der Waals surface area contributed by atoms with Crippen molar-refractivity contribution in [3.63, 3.8) is 0 Å². The second-order valence-corrected chi connectivity index (χ2v) is 7.15. The Bertz CT molecular complexity index is 888. The zero-order valence-corrected chi connectivity index (χ0v) is 16.0. The number of anilines is 1. The standard InChI is InChI=1S/C21H23N3O4/c1-22(2)21(26)16-10-12-23(13-11-16)18-9-8-17(14-19(18)24(27)28)20(25)15-6-4-3-5-7-15/h3-9,14,16H,10-13H2,1-2H3. The number of nitro benzene ring substituents is 1. The molecule has 146 valence electrons. The van der Waals surface area contributed by atoms with E-state index in [0.29, 0.717) is 42.7 Å². The highest BCUT2D eigenvalue weighted by Crippen LogP contribution is 2.33. The second-order valence-electron chi connectivity index (χ2n) is 7.15. The summed E-state index contributed by atoms with van der Waals surface area (Å²) >= 11 is 0. The molecule has 7 heteroatoms. The molecule has 2 aromatic carbocycles. The van der Waals surface area contributed by atoms with Crippen LogP contribution in [0.2, 0.25) is 0 Å². The van der Waals surface area contributed by atoms with Gasteiger partial charge in [-0.3, -0.25) is 19.7 Å². The Hall–Kier alpha value is -3.22. The smallest absolute Gasteiger partial charge is 0.293 e. The fourth-order valence-corrected chi connectivity index (χ4v) is 3.57. The van der Waals surface area contributed by atoms with Crippen molar-refractivity contribution in [2.24, 2.45) is 5.92 Å². The predicted molar refractivity (Wildman–Crippen MR) is 107 cm³/mol. The van der Waals surface area contributed by atoms with E-state index in [-0.39, 0.29) is 23.3 Å². The normalized spacial score (nSPS) is 14.6. The van der Waals surface area contributed by atoms with Gasteiger partial charge in [-0.1, -0.05) is 30.3 Å². The topological polar surface area (TPSA) is 83.8 Å². The van der Waals surface area contributed by atoms with Gasteiger partial charge in [0.25, 0.3) is 5.69 Å². The quantitative estimate of drug-likeness (QED) is 0.451. The molecule has 1 amide bonds. The maximum absolute atomic E-state index is 12.6. The molecule has 28 heavy (non-hydrogen) atoms. The Morgan fingerprint density at radius 2 is 1.68 bits per heavy atom. The molecule has 2 aromatic rings. The summed E-state index contributed by atoms with van der Waals surface area (Å²) in [4.78, 5) is 39.5. The summed E-state index contributed by atoms with van der Waals surface area (Å²) in [6.07, 6.45) is 1.30. The lowest BCUT2D eigenvalue weighted by molar-refractivity contribution is -0.384. The Labute approximate surface area is 163 Å². The first-order chi connectivity index (χ1) is 13.4. The zero-order chi connectivity index (χ0) is 20.3. The summed E-state index contributed by atoms with van der Waals surface area (Å²) in [6.45, 7) is 1.13. The summed E-state index contributed by atoms with van der Waals surface area (Å²) in [5.41, 5.74) is 1.19. The molecule has 0 aromatic heterocycles. The average molecular weight is 381 g/mol. The van der Waals surface area contributed by atoms with E-state index in [4.69, 9.17) is 0 Å². The fraction of sp³-hybridized carbons (Fsp3) is 0.333. The summed E-state index contributed by atoms with van der Waals surface area (Å²) in [6, 6.07) is 13.3. The van der Waals surface area contributed by atoms with Gasteiger partial charge in [0.15, 0.2) is 5.78 Å². The van der Waals surface area contributed by atoms with Gasteiger partial charge in [0.2, 0.25) is 5.91 Å². The van der Waals surface area contributed by atoms with Gasteiger partial charge in [0.1, 0.15) is 5.69 Å². The number of nitrogens with zero attached hydrogens (tertiary/aromatic N) is 3. The predicted octanol–water partition coefficient (Wildman–Crippen LogP) is 3.13. The minimum atomic E-state index is -0.450. The lowest BCUT2D eigenvalue weighted by Gasteiger charge is -2.33. The molecular weight excluding hydrogens is 358 g/mol. The number of amides is 1. The van der Waals surface area contributed by atoms with Gasteiger partial charge in [-0.2, -0.15) is 0 Å². The van der Waals surface area contributed by atoms with Gasteiger partial charge >= 0.3 is 0 Å². The van der Waals surface area contributed by atoms with Crippen LogP contribution >= 0.6 is 0 Å². The number of carbonyl (C=O) groups excluding carboxylic acids is 2. The van der Waals surface area contributed by atoms with E-state index in [2.05, 4.69) is 0 Å². The maximum Gasteiger partial charge on any atom is 0.293 e. The lowest BCUT2D eigenvalue weighted by atomic mass is 9.94. The minimum Gasteiger partial charge on any atom is -0.366 e. The molecule has 3 rings (SSSR count). The summed E-state index contributed by atoms with van der Waals surface area (Å²) in [5, 5.41) is 11.6. The van der Waals surface area contributed by atoms with Crippen LogP contribution in [0.5, 0.6) is 0 Å². The summed E-state index contributed by atoms with van der Waals surface area (Å²) in [7, 11) is 3.48. The van der Waals surface area contributed by atoms with E-state index >= 15 is 0 Å². The van der Waals surface area contributed by atoms with Crippen molar-refractivity contribution in [1.29, 1.82) is 0 Å². The van der Waals surface area contributed by atoms with Crippen LogP contribution in [0.3, 0.4) is 0 Å². The number of nitro groups is 1. The summed E-state index contributed by atoms with van der Waals surface area (Å²) in [5.74, 6) is -0.201. The number of benzene rings is 2. The molecule has 0 saturated carbocycles. The highest BCUT2D eigenvalue weighted by atomic mass is 16.6. The van der Waals surface area contributed by atoms with Gasteiger partial charge in [0, 0.05) is 50.3 Å². The van der Waals surface area contributed by atoms with E-state index in [1.165, 1.54) is 6.07 Å². The number of hydrogen-bond donors (Lipinski definition) is 0. The molecule has 0 aliphatic carbocycles. The fourth-order valence-electron chi connectivity index (χ4n) is 3.57. The number of rotatable bonds is 5. The van der Waals surface area contributed by atoms with Crippen LogP contribution < -0.4 is 4.90 Å². The Kier molecular flexibility index (Phi) is 5.73. The van der Waals surface area contributed by atoms with Crippen LogP contribution in [-0.4, -0.2) is 48.7 Å². The first-order valence-corrected chi connectivity index (χ1v) is 9.22. The van der Waals surface area contributed by atoms with E-state index in [1.54, 1.807) is 55.4 Å². The van der Waals surface area contributed by atoms with Gasteiger partial charge in [-0.25, -0.2) is 0 Å². The van der Waals surface area contributed by atoms with Crippen LogP contribution in [-0.2, 0) is 4.79 Å². The summed E-state index contributed by atoms with van der Waals surface area (Å²) < 4.78 is 0. The molecule has 1 heterocycles. The molecule has 1 aliphatic rings. The van der Waals surface area contributed by atoms with E-state index in [9.17, 15) is 19.7 Å². The van der Waals surface area contributed by atoms with Crippen molar-refractivity contribution in [2.45, 2.75) is 12.8 Å². The van der Waals surface area contributed by atoms with Crippen molar-refractivity contribution in [2.75, 3.05) is 32.1 Å². The van der Waals surface area contributed by atoms with Gasteiger partial charge in [-0.15, -0.1) is 0 Å². The molecular formula is C21H23N3O4. The minimum absolute atomic E-state index is 0.0516. The molecule has 1 fully saturated rings. The van der Waals surface area contributed by atoms with Gasteiger partial charge in [0.05, 0.1) is 4.92 Å². The highest BCUT2D eigenvalue weighted by molar-refractivity contribution is 6.09. The first-order valence-electron chi connectivity index (χ1n) is 9.22. The monoisotopic (exact) mass is 381 g/mol. The molecule has 0 unspecified atom stereocenters. The Balaban J connectivity index is 1.82. The zero-order valence-electron chi connectivity index (χ0n) is 16.0. The Morgan fingerprint density at radius 1 is 1.04 bits per heavy atom. The number of hydrogen-bond acceptors (Lipinski definition) is 5. The molecule has 0 N–H and O–H groups in total. The molecule has 7 nitrogen and oxygen atoms in total. The van der Waals surface area contributed by atoms with Crippen molar-refractivity contribution >= 4 is 23.1 Å². The average Bonchev–Trinajstić information content (AvgIpc) is 2.73. The maximum atomic E-state index is 12.6. The molecule has 0 radical (unpaired) electrons. The Morgan fingerprint density at radius 3 is 2.25 bits per heavy atom. The van der Waals surface area contributed by atoms with E-state index < -0.39 is 4.92 Å². The molecule has 1 saturated heterocycles. The van der Waals surface area contributed by atoms with Crippen LogP contribution in [0.15, 0.2) is 48.5 Å².